The molecule has 1 fully saturated rings. The van der Waals surface area contributed by atoms with Crippen molar-refractivity contribution in [1.29, 1.82) is 5.26 Å². The fraction of sp³-hybridized carbons (Fsp3) is 0.333. The number of nitrogens with one attached hydrogen (secondary N) is 1. The highest BCUT2D eigenvalue weighted by Gasteiger charge is 2.31. The van der Waals surface area contributed by atoms with Crippen LogP contribution in [0.15, 0.2) is 30.3 Å². The smallest absolute Gasteiger partial charge is 0.306 e. The van der Waals surface area contributed by atoms with E-state index in [4.69, 9.17) is 5.11 Å². The molecule has 25 heavy (non-hydrogen) atoms. The van der Waals surface area contributed by atoms with Crippen LogP contribution in [0.1, 0.15) is 30.6 Å². The van der Waals surface area contributed by atoms with E-state index >= 15 is 0 Å². The molecule has 1 aliphatic carbocycles. The normalized spacial score (nSPS) is 19.8. The number of aromatic nitrogens is 1. The van der Waals surface area contributed by atoms with Crippen LogP contribution >= 0.6 is 11.3 Å². The average molecular weight is 355 g/mol. The van der Waals surface area contributed by atoms with Crippen molar-refractivity contribution in [2.75, 3.05) is 5.32 Å². The first-order chi connectivity index (χ1) is 12.1. The number of carboxylic acids is 1. The summed E-state index contributed by atoms with van der Waals surface area (Å²) >= 11 is 1.13. The third kappa shape index (κ3) is 3.86. The van der Waals surface area contributed by atoms with Gasteiger partial charge in [-0.25, -0.2) is 4.98 Å². The second kappa shape index (κ2) is 7.45. The average Bonchev–Trinajstić information content (AvgIpc) is 3.05. The Kier molecular flexibility index (Phi) is 5.10. The number of nitrogens with zero attached hydrogens (tertiary/aromatic N) is 2. The number of hydrogen-bond acceptors (Lipinski definition) is 5. The van der Waals surface area contributed by atoms with E-state index in [1.165, 1.54) is 0 Å². The van der Waals surface area contributed by atoms with Crippen LogP contribution in [-0.4, -0.2) is 22.0 Å². The summed E-state index contributed by atoms with van der Waals surface area (Å²) in [5.41, 5.74) is 1.37. The van der Waals surface area contributed by atoms with Crippen molar-refractivity contribution >= 4 is 28.3 Å². The van der Waals surface area contributed by atoms with Crippen molar-refractivity contribution < 1.29 is 14.7 Å². The third-order valence-electron chi connectivity index (χ3n) is 4.40. The van der Waals surface area contributed by atoms with Crippen LogP contribution in [0.2, 0.25) is 0 Å². The number of benzene rings is 1. The highest BCUT2D eigenvalue weighted by molar-refractivity contribution is 7.16. The maximum Gasteiger partial charge on any atom is 0.306 e. The Morgan fingerprint density at radius 2 is 1.96 bits per heavy atom. The number of rotatable bonds is 4. The number of aliphatic carboxylic acids is 1. The molecule has 0 radical (unpaired) electrons. The van der Waals surface area contributed by atoms with Crippen molar-refractivity contribution in [3.05, 3.63) is 35.2 Å². The first-order valence-electron chi connectivity index (χ1n) is 8.08. The van der Waals surface area contributed by atoms with Crippen LogP contribution < -0.4 is 5.32 Å². The molecule has 0 spiro atoms. The molecule has 1 amide bonds. The Balaban J connectivity index is 1.75. The number of anilines is 1. The van der Waals surface area contributed by atoms with Gasteiger partial charge in [0.15, 0.2) is 5.13 Å². The third-order valence-corrected chi connectivity index (χ3v) is 5.28. The van der Waals surface area contributed by atoms with Crippen molar-refractivity contribution in [2.45, 2.75) is 25.7 Å². The number of amides is 1. The summed E-state index contributed by atoms with van der Waals surface area (Å²) < 4.78 is 0. The SMILES string of the molecule is N#Cc1sc(NC(=O)C2CCC[C@@H](C(=O)O)C2)nc1-c1ccccc1. The predicted octanol–water partition coefficient (Wildman–Crippen LogP) is 3.51. The monoisotopic (exact) mass is 355 g/mol. The quantitative estimate of drug-likeness (QED) is 0.873. The molecule has 1 aliphatic rings. The summed E-state index contributed by atoms with van der Waals surface area (Å²) in [7, 11) is 0. The van der Waals surface area contributed by atoms with Crippen molar-refractivity contribution in [2.24, 2.45) is 11.8 Å². The minimum absolute atomic E-state index is 0.219. The van der Waals surface area contributed by atoms with Crippen molar-refractivity contribution in [1.82, 2.24) is 4.98 Å². The molecule has 7 heteroatoms. The van der Waals surface area contributed by atoms with Crippen LogP contribution in [0.3, 0.4) is 0 Å². The van der Waals surface area contributed by atoms with E-state index in [2.05, 4.69) is 16.4 Å². The van der Waals surface area contributed by atoms with Gasteiger partial charge in [0.05, 0.1) is 5.92 Å². The molecule has 2 atom stereocenters. The maximum absolute atomic E-state index is 12.5. The van der Waals surface area contributed by atoms with Gasteiger partial charge in [0.1, 0.15) is 16.6 Å². The van der Waals surface area contributed by atoms with Gasteiger partial charge in [-0.05, 0) is 19.3 Å². The van der Waals surface area contributed by atoms with Crippen LogP contribution in [0, 0.1) is 23.2 Å². The lowest BCUT2D eigenvalue weighted by Crippen LogP contribution is -2.30. The van der Waals surface area contributed by atoms with Crippen molar-refractivity contribution in [3.63, 3.8) is 0 Å². The molecule has 2 N–H and O–H groups in total. The molecule has 1 saturated carbocycles. The molecule has 0 saturated heterocycles. The van der Waals surface area contributed by atoms with Gasteiger partial charge in [0.25, 0.3) is 0 Å². The van der Waals surface area contributed by atoms with E-state index in [0.717, 1.165) is 23.3 Å². The summed E-state index contributed by atoms with van der Waals surface area (Å²) in [5, 5.41) is 21.6. The van der Waals surface area contributed by atoms with Gasteiger partial charge in [-0.2, -0.15) is 5.26 Å². The number of nitriles is 1. The maximum atomic E-state index is 12.5. The first kappa shape index (κ1) is 17.1. The molecule has 1 heterocycles. The van der Waals surface area contributed by atoms with Crippen molar-refractivity contribution in [3.8, 4) is 17.3 Å². The van der Waals surface area contributed by atoms with Crippen LogP contribution in [-0.2, 0) is 9.59 Å². The summed E-state index contributed by atoms with van der Waals surface area (Å²) in [6.07, 6.45) is 2.37. The summed E-state index contributed by atoms with van der Waals surface area (Å²) in [5.74, 6) is -1.85. The molecule has 0 aliphatic heterocycles. The highest BCUT2D eigenvalue weighted by atomic mass is 32.1. The standard InChI is InChI=1S/C18H17N3O3S/c19-10-14-15(11-5-2-1-3-6-11)20-18(25-14)21-16(22)12-7-4-8-13(9-12)17(23)24/h1-3,5-6,12-13H,4,7-9H2,(H,23,24)(H,20,21,22)/t12?,13-/m1/s1. The Hall–Kier alpha value is -2.72. The van der Waals surface area contributed by atoms with E-state index in [1.54, 1.807) is 0 Å². The van der Waals surface area contributed by atoms with Gasteiger partial charge >= 0.3 is 5.97 Å². The number of carboxylic acid groups (broad SMARTS) is 1. The van der Waals surface area contributed by atoms with Crippen LogP contribution in [0.4, 0.5) is 5.13 Å². The van der Waals surface area contributed by atoms with Crippen LogP contribution in [0.25, 0.3) is 11.3 Å². The molecule has 6 nitrogen and oxygen atoms in total. The number of thiazole rings is 1. The number of carbonyl (C=O) groups excluding carboxylic acids is 1. The van der Waals surface area contributed by atoms with Gasteiger partial charge in [-0.3, -0.25) is 9.59 Å². The molecule has 2 aromatic rings. The summed E-state index contributed by atoms with van der Waals surface area (Å²) in [6.45, 7) is 0. The zero-order valence-electron chi connectivity index (χ0n) is 13.4. The molecule has 128 valence electrons. The van der Waals surface area contributed by atoms with E-state index in [0.29, 0.717) is 35.0 Å². The Morgan fingerprint density at radius 1 is 1.24 bits per heavy atom. The topological polar surface area (TPSA) is 103 Å². The Bertz CT molecular complexity index is 826. The molecule has 3 rings (SSSR count). The van der Waals surface area contributed by atoms with Gasteiger partial charge in [0, 0.05) is 11.5 Å². The van der Waals surface area contributed by atoms with Gasteiger partial charge in [0.2, 0.25) is 5.91 Å². The molecule has 1 unspecified atom stereocenters. The lowest BCUT2D eigenvalue weighted by atomic mass is 9.81. The van der Waals surface area contributed by atoms with E-state index in [-0.39, 0.29) is 11.8 Å². The van der Waals surface area contributed by atoms with E-state index < -0.39 is 11.9 Å². The van der Waals surface area contributed by atoms with E-state index in [9.17, 15) is 14.9 Å². The summed E-state index contributed by atoms with van der Waals surface area (Å²) in [4.78, 5) is 28.4. The Morgan fingerprint density at radius 3 is 2.64 bits per heavy atom. The fourth-order valence-corrected chi connectivity index (χ4v) is 3.89. The van der Waals surface area contributed by atoms with E-state index in [1.807, 2.05) is 30.3 Å². The Labute approximate surface area is 149 Å². The van der Waals surface area contributed by atoms with Gasteiger partial charge in [-0.1, -0.05) is 48.1 Å². The minimum Gasteiger partial charge on any atom is -0.481 e. The predicted molar refractivity (Wildman–Crippen MR) is 94.0 cm³/mol. The lowest BCUT2D eigenvalue weighted by molar-refractivity contribution is -0.143. The minimum atomic E-state index is -0.843. The highest BCUT2D eigenvalue weighted by Crippen LogP contribution is 2.33. The van der Waals surface area contributed by atoms with Gasteiger partial charge in [-0.15, -0.1) is 0 Å². The summed E-state index contributed by atoms with van der Waals surface area (Å²) in [6, 6.07) is 11.4. The van der Waals surface area contributed by atoms with Gasteiger partial charge < -0.3 is 10.4 Å². The fourth-order valence-electron chi connectivity index (χ4n) is 3.10. The largest absolute Gasteiger partial charge is 0.481 e. The number of carbonyl (C=O) groups is 2. The number of hydrogen-bond donors (Lipinski definition) is 2. The molecule has 1 aromatic heterocycles. The zero-order valence-corrected chi connectivity index (χ0v) is 14.3. The second-order valence-electron chi connectivity index (χ2n) is 6.06. The lowest BCUT2D eigenvalue weighted by Gasteiger charge is -2.25. The molecular weight excluding hydrogens is 338 g/mol. The van der Waals surface area contributed by atoms with Crippen LogP contribution in [0.5, 0.6) is 0 Å². The zero-order chi connectivity index (χ0) is 17.8. The molecule has 1 aromatic carbocycles. The second-order valence-corrected chi connectivity index (χ2v) is 7.06. The molecular formula is C18H17N3O3S. The molecule has 0 bridgehead atoms. The first-order valence-corrected chi connectivity index (χ1v) is 8.90.